The molecule has 2 aromatic carbocycles. The predicted octanol–water partition coefficient (Wildman–Crippen LogP) is 7.66. The lowest BCUT2D eigenvalue weighted by Gasteiger charge is -2.37. The van der Waals surface area contributed by atoms with Gasteiger partial charge in [0.1, 0.15) is 0 Å². The van der Waals surface area contributed by atoms with Crippen LogP contribution in [0.15, 0.2) is 48.5 Å². The van der Waals surface area contributed by atoms with E-state index in [2.05, 4.69) is 61.8 Å². The first-order valence-electron chi connectivity index (χ1n) is 14.2. The van der Waals surface area contributed by atoms with Gasteiger partial charge in [-0.3, -0.25) is 9.69 Å². The Morgan fingerprint density at radius 1 is 0.889 bits per heavy atom. The van der Waals surface area contributed by atoms with Gasteiger partial charge in [-0.25, -0.2) is 0 Å². The highest BCUT2D eigenvalue weighted by Crippen LogP contribution is 2.34. The number of primary amides is 1. The number of aryl methyl sites for hydroxylation is 1. The molecule has 1 heterocycles. The summed E-state index contributed by atoms with van der Waals surface area (Å²) in [4.78, 5) is 16.3. The molecular weight excluding hydrogens is 442 g/mol. The molecule has 2 N–H and O–H groups in total. The number of carbonyl (C=O) groups excluding carboxylic acids is 1. The third-order valence-corrected chi connectivity index (χ3v) is 7.36. The van der Waals surface area contributed by atoms with E-state index in [1.54, 1.807) is 0 Å². The van der Waals surface area contributed by atoms with Crippen molar-refractivity contribution in [2.24, 2.45) is 11.1 Å². The average molecular weight is 496 g/mol. The van der Waals surface area contributed by atoms with Crippen molar-refractivity contribution in [1.29, 1.82) is 0 Å². The van der Waals surface area contributed by atoms with Gasteiger partial charge in [-0.2, -0.15) is 0 Å². The molecule has 1 fully saturated rings. The molecule has 1 unspecified atom stereocenters. The Kier molecular flexibility index (Phi) is 14.5. The van der Waals surface area contributed by atoms with Crippen molar-refractivity contribution in [2.45, 2.75) is 87.0 Å². The minimum absolute atomic E-state index is 0.369. The number of rotatable bonds is 10. The van der Waals surface area contributed by atoms with Crippen LogP contribution >= 0.6 is 0 Å². The first kappa shape index (κ1) is 31.7. The second-order valence-corrected chi connectivity index (χ2v) is 10.2. The number of piperazine rings is 1. The lowest BCUT2D eigenvalue weighted by atomic mass is 9.80. The van der Waals surface area contributed by atoms with Gasteiger partial charge in [-0.05, 0) is 73.9 Å². The maximum atomic E-state index is 11.3. The van der Waals surface area contributed by atoms with Gasteiger partial charge in [-0.1, -0.05) is 84.7 Å². The molecule has 0 aliphatic carbocycles. The first-order valence-corrected chi connectivity index (χ1v) is 14.2. The molecule has 0 aromatic heterocycles. The van der Waals surface area contributed by atoms with Gasteiger partial charge in [0, 0.05) is 37.4 Å². The van der Waals surface area contributed by atoms with Crippen molar-refractivity contribution in [3.63, 3.8) is 0 Å². The Morgan fingerprint density at radius 3 is 1.94 bits per heavy atom. The number of nitrogens with two attached hydrogens (primary N) is 1. The van der Waals surface area contributed by atoms with Crippen molar-refractivity contribution in [3.05, 3.63) is 65.2 Å². The fourth-order valence-corrected chi connectivity index (χ4v) is 4.46. The van der Waals surface area contributed by atoms with E-state index in [4.69, 9.17) is 5.73 Å². The second-order valence-electron chi connectivity index (χ2n) is 10.2. The van der Waals surface area contributed by atoms with Crippen molar-refractivity contribution >= 4 is 11.6 Å². The minimum Gasteiger partial charge on any atom is -0.369 e. The maximum Gasteiger partial charge on any atom is 0.248 e. The van der Waals surface area contributed by atoms with Gasteiger partial charge in [0.05, 0.1) is 0 Å². The van der Waals surface area contributed by atoms with Crippen LogP contribution in [0.2, 0.25) is 0 Å². The van der Waals surface area contributed by atoms with E-state index < -0.39 is 0 Å². The number of nitrogens with zero attached hydrogens (tertiary/aromatic N) is 2. The molecule has 0 radical (unpaired) electrons. The molecule has 0 spiro atoms. The van der Waals surface area contributed by atoms with Gasteiger partial charge in [0.2, 0.25) is 5.91 Å². The molecule has 202 valence electrons. The molecule has 0 saturated carbocycles. The van der Waals surface area contributed by atoms with Crippen LogP contribution in [0.1, 0.15) is 102 Å². The van der Waals surface area contributed by atoms with E-state index in [0.29, 0.717) is 16.9 Å². The molecule has 4 nitrogen and oxygen atoms in total. The number of hydrogen-bond acceptors (Lipinski definition) is 3. The molecular formula is C32H53N3O. The topological polar surface area (TPSA) is 49.6 Å². The van der Waals surface area contributed by atoms with E-state index in [9.17, 15) is 4.79 Å². The molecule has 0 bridgehead atoms. The number of hydrogen-bond donors (Lipinski definition) is 1. The third kappa shape index (κ3) is 10.3. The van der Waals surface area contributed by atoms with Gasteiger partial charge in [0.15, 0.2) is 0 Å². The summed E-state index contributed by atoms with van der Waals surface area (Å²) < 4.78 is 0. The Bertz CT molecular complexity index is 850. The van der Waals surface area contributed by atoms with Gasteiger partial charge in [0.25, 0.3) is 0 Å². The van der Waals surface area contributed by atoms with Crippen molar-refractivity contribution < 1.29 is 4.79 Å². The lowest BCUT2D eigenvalue weighted by Crippen LogP contribution is -2.46. The highest BCUT2D eigenvalue weighted by molar-refractivity contribution is 5.93. The minimum atomic E-state index is -0.369. The maximum absolute atomic E-state index is 11.3. The second kappa shape index (κ2) is 16.4. The van der Waals surface area contributed by atoms with E-state index in [1.807, 2.05) is 52.0 Å². The van der Waals surface area contributed by atoms with E-state index in [1.165, 1.54) is 42.5 Å². The SMILES string of the molecule is CC.CC.CCC(C)(C)CCC(CCN1CCN(c2ccc(C(N)=O)cc2)CC1)c1ccc(C)cc1. The molecule has 4 heteroatoms. The Hall–Kier alpha value is -2.33. The van der Waals surface area contributed by atoms with Crippen LogP contribution in [-0.4, -0.2) is 43.5 Å². The number of benzene rings is 2. The summed E-state index contributed by atoms with van der Waals surface area (Å²) in [5.41, 5.74) is 10.4. The molecule has 1 atom stereocenters. The highest BCUT2D eigenvalue weighted by atomic mass is 16.1. The summed E-state index contributed by atoms with van der Waals surface area (Å²) in [6.07, 6.45) is 4.99. The molecule has 1 amide bonds. The van der Waals surface area contributed by atoms with Crippen LogP contribution in [0, 0.1) is 12.3 Å². The average Bonchev–Trinajstić information content (AvgIpc) is 2.92. The summed E-state index contributed by atoms with van der Waals surface area (Å²) in [6, 6.07) is 16.9. The molecule has 1 aliphatic rings. The van der Waals surface area contributed by atoms with E-state index in [-0.39, 0.29) is 5.91 Å². The fraction of sp³-hybridized carbons (Fsp3) is 0.594. The monoisotopic (exact) mass is 495 g/mol. The normalized spacial score (nSPS) is 14.7. The molecule has 2 aromatic rings. The smallest absolute Gasteiger partial charge is 0.248 e. The summed E-state index contributed by atoms with van der Waals surface area (Å²) in [7, 11) is 0. The molecule has 1 saturated heterocycles. The predicted molar refractivity (Wildman–Crippen MR) is 158 cm³/mol. The zero-order chi connectivity index (χ0) is 27.1. The first-order chi connectivity index (χ1) is 17.3. The number of anilines is 1. The quantitative estimate of drug-likeness (QED) is 0.368. The zero-order valence-electron chi connectivity index (χ0n) is 24.4. The largest absolute Gasteiger partial charge is 0.369 e. The third-order valence-electron chi connectivity index (χ3n) is 7.36. The van der Waals surface area contributed by atoms with E-state index >= 15 is 0 Å². The van der Waals surface area contributed by atoms with Crippen molar-refractivity contribution in [1.82, 2.24) is 4.90 Å². The molecule has 36 heavy (non-hydrogen) atoms. The van der Waals surface area contributed by atoms with Gasteiger partial charge >= 0.3 is 0 Å². The number of amides is 1. The van der Waals surface area contributed by atoms with Crippen LogP contribution in [0.25, 0.3) is 0 Å². The van der Waals surface area contributed by atoms with Crippen molar-refractivity contribution in [2.75, 3.05) is 37.6 Å². The number of carbonyl (C=O) groups is 1. The highest BCUT2D eigenvalue weighted by Gasteiger charge is 2.22. The van der Waals surface area contributed by atoms with Crippen LogP contribution in [0.4, 0.5) is 5.69 Å². The molecule has 1 aliphatic heterocycles. The summed E-state index contributed by atoms with van der Waals surface area (Å²) in [6.45, 7) is 22.6. The Balaban J connectivity index is 0.00000154. The summed E-state index contributed by atoms with van der Waals surface area (Å²) >= 11 is 0. The van der Waals surface area contributed by atoms with Crippen LogP contribution in [0.3, 0.4) is 0 Å². The fourth-order valence-electron chi connectivity index (χ4n) is 4.46. The van der Waals surface area contributed by atoms with Crippen LogP contribution < -0.4 is 10.6 Å². The Labute approximate surface area is 222 Å². The summed E-state index contributed by atoms with van der Waals surface area (Å²) in [5.74, 6) is 0.257. The van der Waals surface area contributed by atoms with Gasteiger partial charge < -0.3 is 10.6 Å². The van der Waals surface area contributed by atoms with Gasteiger partial charge in [-0.15, -0.1) is 0 Å². The summed E-state index contributed by atoms with van der Waals surface area (Å²) in [5, 5.41) is 0. The van der Waals surface area contributed by atoms with Crippen LogP contribution in [-0.2, 0) is 0 Å². The Morgan fingerprint density at radius 2 is 1.44 bits per heavy atom. The molecule has 3 rings (SSSR count). The lowest BCUT2D eigenvalue weighted by molar-refractivity contribution is 0.100. The van der Waals surface area contributed by atoms with Crippen LogP contribution in [0.5, 0.6) is 0 Å². The zero-order valence-corrected chi connectivity index (χ0v) is 24.4. The standard InChI is InChI=1S/C28H41N3O.2C2H6/c1-5-28(3,4)16-14-24(23-8-6-22(2)7-9-23)15-17-30-18-20-31(21-19-30)26-12-10-25(11-13-26)27(29)32;2*1-2/h6-13,24H,5,14-21H2,1-4H3,(H2,29,32);2*1-2H3. The van der Waals surface area contributed by atoms with E-state index in [0.717, 1.165) is 32.7 Å². The van der Waals surface area contributed by atoms with Crippen molar-refractivity contribution in [3.8, 4) is 0 Å².